The van der Waals surface area contributed by atoms with Crippen molar-refractivity contribution in [3.8, 4) is 0 Å². The summed E-state index contributed by atoms with van der Waals surface area (Å²) < 4.78 is 0. The van der Waals surface area contributed by atoms with E-state index in [0.717, 1.165) is 0 Å². The van der Waals surface area contributed by atoms with Crippen LogP contribution in [0.1, 0.15) is 20.8 Å². The van der Waals surface area contributed by atoms with Crippen LogP contribution in [0.15, 0.2) is 5.18 Å². The molecule has 0 saturated carbocycles. The number of nitroso groups, excluding NO2 is 1. The maximum Gasteiger partial charge on any atom is 0.216 e. The number of amides is 1. The molecule has 12 heavy (non-hydrogen) atoms. The van der Waals surface area contributed by atoms with E-state index in [-0.39, 0.29) is 12.5 Å². The largest absolute Gasteiger partial charge is 0.354 e. The van der Waals surface area contributed by atoms with Gasteiger partial charge in [0.25, 0.3) is 0 Å². The second-order valence-electron chi connectivity index (χ2n) is 3.12. The van der Waals surface area contributed by atoms with Crippen molar-refractivity contribution in [3.63, 3.8) is 0 Å². The predicted molar refractivity (Wildman–Crippen MR) is 48.2 cm³/mol. The van der Waals surface area contributed by atoms with Crippen molar-refractivity contribution in [3.05, 3.63) is 4.91 Å². The Morgan fingerprint density at radius 2 is 2.17 bits per heavy atom. The number of nitrogens with zero attached hydrogens (tertiary/aromatic N) is 1. The van der Waals surface area contributed by atoms with Crippen LogP contribution >= 0.6 is 11.6 Å². The first kappa shape index (κ1) is 11.4. The summed E-state index contributed by atoms with van der Waals surface area (Å²) in [6.07, 6.45) is 0. The average molecular weight is 193 g/mol. The Labute approximate surface area is 76.6 Å². The zero-order chi connectivity index (χ0) is 9.78. The third kappa shape index (κ3) is 4.28. The van der Waals surface area contributed by atoms with Gasteiger partial charge in [-0.05, 0) is 13.8 Å². The van der Waals surface area contributed by atoms with Crippen LogP contribution in [0.2, 0.25) is 0 Å². The van der Waals surface area contributed by atoms with Crippen molar-refractivity contribution < 1.29 is 4.79 Å². The van der Waals surface area contributed by atoms with Crippen LogP contribution in [0.5, 0.6) is 0 Å². The number of carbonyl (C=O) groups is 1. The fourth-order valence-electron chi connectivity index (χ4n) is 0.646. The minimum Gasteiger partial charge on any atom is -0.354 e. The lowest BCUT2D eigenvalue weighted by Gasteiger charge is -2.21. The highest BCUT2D eigenvalue weighted by Crippen LogP contribution is 2.20. The van der Waals surface area contributed by atoms with Gasteiger partial charge in [0.1, 0.15) is 6.04 Å². The van der Waals surface area contributed by atoms with Crippen LogP contribution < -0.4 is 5.32 Å². The smallest absolute Gasteiger partial charge is 0.216 e. The molecule has 1 amide bonds. The van der Waals surface area contributed by atoms with Gasteiger partial charge in [-0.3, -0.25) is 4.79 Å². The summed E-state index contributed by atoms with van der Waals surface area (Å²) in [6.45, 7) is 4.93. The normalized spacial score (nSPS) is 13.7. The van der Waals surface area contributed by atoms with Crippen LogP contribution in [0, 0.1) is 4.91 Å². The summed E-state index contributed by atoms with van der Waals surface area (Å²) in [5.74, 6) is -0.190. The molecule has 0 aromatic rings. The monoisotopic (exact) mass is 192 g/mol. The molecule has 5 heteroatoms. The molecule has 0 aromatic carbocycles. The number of halogens is 1. The molecule has 0 aliphatic heterocycles. The van der Waals surface area contributed by atoms with Gasteiger partial charge in [0.05, 0.1) is 4.87 Å². The molecular formula is C7H13ClN2O2. The van der Waals surface area contributed by atoms with Gasteiger partial charge in [-0.1, -0.05) is 5.18 Å². The highest BCUT2D eigenvalue weighted by atomic mass is 35.5. The number of hydrogen-bond acceptors (Lipinski definition) is 3. The average Bonchev–Trinajstić information content (AvgIpc) is 1.85. The van der Waals surface area contributed by atoms with Gasteiger partial charge >= 0.3 is 0 Å². The third-order valence-corrected chi connectivity index (χ3v) is 1.72. The van der Waals surface area contributed by atoms with E-state index in [1.165, 1.54) is 6.92 Å². The lowest BCUT2D eigenvalue weighted by Crippen LogP contribution is -2.39. The van der Waals surface area contributed by atoms with E-state index >= 15 is 0 Å². The molecule has 1 atom stereocenters. The molecule has 0 aliphatic rings. The Morgan fingerprint density at radius 1 is 1.67 bits per heavy atom. The Bertz CT molecular complexity index is 177. The molecule has 0 aliphatic carbocycles. The van der Waals surface area contributed by atoms with Crippen LogP contribution in [0.3, 0.4) is 0 Å². The summed E-state index contributed by atoms with van der Waals surface area (Å²) >= 11 is 5.84. The number of carbonyl (C=O) groups excluding carboxylic acids is 1. The van der Waals surface area contributed by atoms with Crippen molar-refractivity contribution in [2.75, 3.05) is 6.54 Å². The lowest BCUT2D eigenvalue weighted by atomic mass is 10.0. The van der Waals surface area contributed by atoms with E-state index in [1.54, 1.807) is 13.8 Å². The molecule has 0 fully saturated rings. The Balaban J connectivity index is 4.01. The van der Waals surface area contributed by atoms with Gasteiger partial charge in [-0.15, -0.1) is 11.6 Å². The van der Waals surface area contributed by atoms with Crippen molar-refractivity contribution in [2.45, 2.75) is 31.7 Å². The van der Waals surface area contributed by atoms with Gasteiger partial charge in [0, 0.05) is 13.5 Å². The van der Waals surface area contributed by atoms with E-state index in [1.807, 2.05) is 0 Å². The van der Waals surface area contributed by atoms with Gasteiger partial charge in [0.2, 0.25) is 5.91 Å². The molecule has 0 spiro atoms. The van der Waals surface area contributed by atoms with Gasteiger partial charge < -0.3 is 5.32 Å². The molecule has 0 bridgehead atoms. The topological polar surface area (TPSA) is 58.5 Å². The fraction of sp³-hybridized carbons (Fsp3) is 0.857. The Morgan fingerprint density at radius 3 is 2.42 bits per heavy atom. The van der Waals surface area contributed by atoms with Crippen LogP contribution in [-0.4, -0.2) is 23.4 Å². The molecule has 0 rings (SSSR count). The summed E-state index contributed by atoms with van der Waals surface area (Å²) in [7, 11) is 0. The summed E-state index contributed by atoms with van der Waals surface area (Å²) in [5.41, 5.74) is 0. The predicted octanol–water partition coefficient (Wildman–Crippen LogP) is 1.27. The molecule has 1 unspecified atom stereocenters. The molecule has 0 saturated heterocycles. The molecule has 0 aromatic heterocycles. The highest BCUT2D eigenvalue weighted by Gasteiger charge is 2.28. The zero-order valence-electron chi connectivity index (χ0n) is 7.43. The molecule has 1 N–H and O–H groups in total. The summed E-state index contributed by atoms with van der Waals surface area (Å²) in [6, 6.07) is -0.594. The second-order valence-corrected chi connectivity index (χ2v) is 4.10. The Hall–Kier alpha value is -0.640. The van der Waals surface area contributed by atoms with Gasteiger partial charge in [0.15, 0.2) is 0 Å². The molecular weight excluding hydrogens is 180 g/mol. The van der Waals surface area contributed by atoms with E-state index in [4.69, 9.17) is 11.6 Å². The third-order valence-electron chi connectivity index (χ3n) is 1.46. The van der Waals surface area contributed by atoms with Crippen molar-refractivity contribution >= 4 is 17.5 Å². The van der Waals surface area contributed by atoms with Gasteiger partial charge in [-0.2, -0.15) is 4.91 Å². The van der Waals surface area contributed by atoms with Crippen LogP contribution in [-0.2, 0) is 4.79 Å². The van der Waals surface area contributed by atoms with Crippen molar-refractivity contribution in [1.82, 2.24) is 5.32 Å². The van der Waals surface area contributed by atoms with E-state index in [2.05, 4.69) is 10.5 Å². The SMILES string of the molecule is CC(=O)NCC(N=O)C(C)(C)Cl. The second kappa shape index (κ2) is 4.40. The lowest BCUT2D eigenvalue weighted by molar-refractivity contribution is -0.119. The van der Waals surface area contributed by atoms with Crippen LogP contribution in [0.4, 0.5) is 0 Å². The minimum absolute atomic E-state index is 0.190. The number of rotatable bonds is 4. The van der Waals surface area contributed by atoms with Gasteiger partial charge in [-0.25, -0.2) is 0 Å². The van der Waals surface area contributed by atoms with E-state index < -0.39 is 10.9 Å². The number of alkyl halides is 1. The first-order valence-corrected chi connectivity index (χ1v) is 4.01. The summed E-state index contributed by atoms with van der Waals surface area (Å²) in [4.78, 5) is 20.1. The summed E-state index contributed by atoms with van der Waals surface area (Å²) in [5, 5.41) is 5.32. The fourth-order valence-corrected chi connectivity index (χ4v) is 0.763. The molecule has 0 radical (unpaired) electrons. The minimum atomic E-state index is -0.718. The van der Waals surface area contributed by atoms with Crippen LogP contribution in [0.25, 0.3) is 0 Å². The Kier molecular flexibility index (Phi) is 4.17. The maximum absolute atomic E-state index is 10.5. The number of nitrogens with one attached hydrogen (secondary N) is 1. The first-order valence-electron chi connectivity index (χ1n) is 3.63. The highest BCUT2D eigenvalue weighted by molar-refractivity contribution is 6.24. The molecule has 70 valence electrons. The standard InChI is InChI=1S/C7H13ClN2O2/c1-5(11)9-4-6(10-12)7(2,3)8/h6H,4H2,1-3H3,(H,9,11). The van der Waals surface area contributed by atoms with E-state index in [0.29, 0.717) is 0 Å². The number of hydrogen-bond donors (Lipinski definition) is 1. The van der Waals surface area contributed by atoms with Crippen molar-refractivity contribution in [2.24, 2.45) is 5.18 Å². The quantitative estimate of drug-likeness (QED) is 0.539. The maximum atomic E-state index is 10.5. The van der Waals surface area contributed by atoms with E-state index in [9.17, 15) is 9.70 Å². The van der Waals surface area contributed by atoms with Crippen molar-refractivity contribution in [1.29, 1.82) is 0 Å². The molecule has 4 nitrogen and oxygen atoms in total. The first-order chi connectivity index (χ1) is 5.38. The molecule has 0 heterocycles. The zero-order valence-corrected chi connectivity index (χ0v) is 8.18.